The highest BCUT2D eigenvalue weighted by molar-refractivity contribution is 4.89. The van der Waals surface area contributed by atoms with Crippen molar-refractivity contribution in [2.45, 2.75) is 90.4 Å². The summed E-state index contributed by atoms with van der Waals surface area (Å²) in [5, 5.41) is 0. The Balaban J connectivity index is 3.08. The fourth-order valence-electron chi connectivity index (χ4n) is 2.30. The van der Waals surface area contributed by atoms with E-state index in [1.807, 2.05) is 6.42 Å². The van der Waals surface area contributed by atoms with Gasteiger partial charge in [0.15, 0.2) is 0 Å². The van der Waals surface area contributed by atoms with E-state index in [0.29, 0.717) is 0 Å². The molecule has 0 heterocycles. The highest BCUT2D eigenvalue weighted by Crippen LogP contribution is 2.10. The lowest BCUT2D eigenvalue weighted by atomic mass is 10.1. The second-order valence-corrected chi connectivity index (χ2v) is 5.66. The van der Waals surface area contributed by atoms with Crippen LogP contribution in [0.15, 0.2) is 24.3 Å². The molecule has 0 amide bonds. The van der Waals surface area contributed by atoms with Gasteiger partial charge in [0.2, 0.25) is 0 Å². The molecule has 0 aromatic rings. The van der Waals surface area contributed by atoms with E-state index in [1.165, 1.54) is 77.0 Å². The SMILES string of the molecule is [CH2][CH]CC=CCCCC=CCCCCCCCCCC. The summed E-state index contributed by atoms with van der Waals surface area (Å²) in [5.74, 6) is 0. The van der Waals surface area contributed by atoms with Gasteiger partial charge in [-0.2, -0.15) is 0 Å². The van der Waals surface area contributed by atoms with Gasteiger partial charge < -0.3 is 0 Å². The Morgan fingerprint density at radius 1 is 0.600 bits per heavy atom. The van der Waals surface area contributed by atoms with E-state index in [4.69, 9.17) is 0 Å². The van der Waals surface area contributed by atoms with Gasteiger partial charge in [-0.25, -0.2) is 0 Å². The summed E-state index contributed by atoms with van der Waals surface area (Å²) in [6, 6.07) is 0. The normalized spacial score (nSPS) is 11.9. The Bertz CT molecular complexity index is 212. The molecule has 0 fully saturated rings. The first-order chi connectivity index (χ1) is 9.91. The van der Waals surface area contributed by atoms with E-state index in [9.17, 15) is 0 Å². The first-order valence-electron chi connectivity index (χ1n) is 8.82. The first kappa shape index (κ1) is 19.5. The quantitative estimate of drug-likeness (QED) is 0.219. The average molecular weight is 277 g/mol. The minimum Gasteiger partial charge on any atom is -0.0885 e. The fourth-order valence-corrected chi connectivity index (χ4v) is 2.30. The van der Waals surface area contributed by atoms with Gasteiger partial charge in [-0.3, -0.25) is 0 Å². The van der Waals surface area contributed by atoms with E-state index in [1.54, 1.807) is 0 Å². The molecule has 2 radical (unpaired) electrons. The van der Waals surface area contributed by atoms with E-state index < -0.39 is 0 Å². The van der Waals surface area contributed by atoms with Crippen LogP contribution >= 0.6 is 0 Å². The van der Waals surface area contributed by atoms with Crippen LogP contribution in [-0.4, -0.2) is 0 Å². The number of unbranched alkanes of at least 4 members (excludes halogenated alkanes) is 11. The zero-order chi connectivity index (χ0) is 14.7. The molecular weight excluding hydrogens is 240 g/mol. The largest absolute Gasteiger partial charge is 0.0885 e. The van der Waals surface area contributed by atoms with Crippen molar-refractivity contribution < 1.29 is 0 Å². The van der Waals surface area contributed by atoms with Gasteiger partial charge in [-0.15, -0.1) is 0 Å². The molecule has 0 heteroatoms. The molecule has 0 saturated carbocycles. The summed E-state index contributed by atoms with van der Waals surface area (Å²) in [6.07, 6.45) is 28.5. The van der Waals surface area contributed by atoms with Crippen LogP contribution in [-0.2, 0) is 0 Å². The molecule has 0 aromatic carbocycles. The lowest BCUT2D eigenvalue weighted by Crippen LogP contribution is -1.80. The van der Waals surface area contributed by atoms with Crippen molar-refractivity contribution in [1.29, 1.82) is 0 Å². The Kier molecular flexibility index (Phi) is 18.0. The van der Waals surface area contributed by atoms with Crippen molar-refractivity contribution in [2.24, 2.45) is 0 Å². The van der Waals surface area contributed by atoms with Crippen LogP contribution in [0.3, 0.4) is 0 Å². The fraction of sp³-hybridized carbons (Fsp3) is 0.700. The molecule has 0 atom stereocenters. The third kappa shape index (κ3) is 17.5. The topological polar surface area (TPSA) is 0 Å². The maximum absolute atomic E-state index is 3.71. The number of hydrogen-bond donors (Lipinski definition) is 0. The number of hydrogen-bond acceptors (Lipinski definition) is 0. The molecule has 0 nitrogen and oxygen atoms in total. The summed E-state index contributed by atoms with van der Waals surface area (Å²) >= 11 is 0. The summed E-state index contributed by atoms with van der Waals surface area (Å²) in [7, 11) is 0. The Morgan fingerprint density at radius 3 is 1.70 bits per heavy atom. The summed E-state index contributed by atoms with van der Waals surface area (Å²) in [4.78, 5) is 0. The van der Waals surface area contributed by atoms with Gasteiger partial charge in [-0.05, 0) is 51.9 Å². The molecule has 0 aliphatic heterocycles. The molecule has 20 heavy (non-hydrogen) atoms. The highest BCUT2D eigenvalue weighted by Gasteiger charge is 1.90. The number of allylic oxidation sites excluding steroid dienone is 4. The second kappa shape index (κ2) is 18.5. The molecular formula is C20H36. The molecule has 0 aliphatic rings. The van der Waals surface area contributed by atoms with Gasteiger partial charge in [-0.1, -0.05) is 76.2 Å². The summed E-state index contributed by atoms with van der Waals surface area (Å²) in [6.45, 7) is 5.99. The molecule has 0 N–H and O–H groups in total. The van der Waals surface area contributed by atoms with Crippen molar-refractivity contribution in [2.75, 3.05) is 0 Å². The van der Waals surface area contributed by atoms with E-state index >= 15 is 0 Å². The van der Waals surface area contributed by atoms with Gasteiger partial charge in [0.1, 0.15) is 0 Å². The molecule has 0 saturated heterocycles. The maximum atomic E-state index is 3.71. The van der Waals surface area contributed by atoms with Crippen molar-refractivity contribution in [3.05, 3.63) is 37.6 Å². The highest BCUT2D eigenvalue weighted by atomic mass is 14.0. The predicted octanol–water partition coefficient (Wildman–Crippen LogP) is 7.23. The van der Waals surface area contributed by atoms with Crippen LogP contribution in [0.1, 0.15) is 90.4 Å². The average Bonchev–Trinajstić information content (AvgIpc) is 2.47. The second-order valence-electron chi connectivity index (χ2n) is 5.66. The number of rotatable bonds is 15. The van der Waals surface area contributed by atoms with E-state index in [0.717, 1.165) is 6.42 Å². The van der Waals surface area contributed by atoms with Crippen LogP contribution in [0.5, 0.6) is 0 Å². The third-order valence-electron chi connectivity index (χ3n) is 3.60. The smallest absolute Gasteiger partial charge is 0.0319 e. The van der Waals surface area contributed by atoms with Gasteiger partial charge in [0, 0.05) is 0 Å². The first-order valence-corrected chi connectivity index (χ1v) is 8.82. The standard InChI is InChI=1S/C20H36/c1-3-5-7-9-11-13-15-17-19-20-18-16-14-12-10-8-6-4-2/h3,7,9,17,19H,1,4-6,8,10-16,18,20H2,2H3. The molecule has 0 rings (SSSR count). The van der Waals surface area contributed by atoms with Crippen molar-refractivity contribution in [1.82, 2.24) is 0 Å². The van der Waals surface area contributed by atoms with Gasteiger partial charge >= 0.3 is 0 Å². The van der Waals surface area contributed by atoms with Crippen molar-refractivity contribution >= 4 is 0 Å². The zero-order valence-corrected chi connectivity index (χ0v) is 13.8. The lowest BCUT2D eigenvalue weighted by molar-refractivity contribution is 0.577. The monoisotopic (exact) mass is 276 g/mol. The van der Waals surface area contributed by atoms with Crippen LogP contribution < -0.4 is 0 Å². The Hall–Kier alpha value is -0.520. The van der Waals surface area contributed by atoms with Gasteiger partial charge in [0.05, 0.1) is 0 Å². The molecule has 0 unspecified atom stereocenters. The third-order valence-corrected chi connectivity index (χ3v) is 3.60. The van der Waals surface area contributed by atoms with Crippen molar-refractivity contribution in [3.63, 3.8) is 0 Å². The van der Waals surface area contributed by atoms with Crippen molar-refractivity contribution in [3.8, 4) is 0 Å². The Labute approximate surface area is 128 Å². The molecule has 0 aromatic heterocycles. The lowest BCUT2D eigenvalue weighted by Gasteiger charge is -1.99. The zero-order valence-electron chi connectivity index (χ0n) is 13.8. The van der Waals surface area contributed by atoms with E-state index in [2.05, 4.69) is 38.2 Å². The molecule has 116 valence electrons. The van der Waals surface area contributed by atoms with E-state index in [-0.39, 0.29) is 0 Å². The predicted molar refractivity (Wildman–Crippen MR) is 93.6 cm³/mol. The van der Waals surface area contributed by atoms with Crippen LogP contribution in [0, 0.1) is 13.3 Å². The molecule has 0 bridgehead atoms. The minimum absolute atomic E-state index is 1.01. The van der Waals surface area contributed by atoms with Crippen LogP contribution in [0.25, 0.3) is 0 Å². The van der Waals surface area contributed by atoms with Crippen LogP contribution in [0.2, 0.25) is 0 Å². The van der Waals surface area contributed by atoms with Crippen LogP contribution in [0.4, 0.5) is 0 Å². The van der Waals surface area contributed by atoms with Gasteiger partial charge in [0.25, 0.3) is 0 Å². The Morgan fingerprint density at radius 2 is 1.10 bits per heavy atom. The molecule has 0 spiro atoms. The summed E-state index contributed by atoms with van der Waals surface area (Å²) < 4.78 is 0. The minimum atomic E-state index is 1.01. The maximum Gasteiger partial charge on any atom is -0.0319 e. The summed E-state index contributed by atoms with van der Waals surface area (Å²) in [5.41, 5.74) is 0. The molecule has 0 aliphatic carbocycles.